The Morgan fingerprint density at radius 2 is 1.60 bits per heavy atom. The minimum Gasteiger partial charge on any atom is -0.462 e. The van der Waals surface area contributed by atoms with Gasteiger partial charge in [-0.25, -0.2) is 0 Å². The minimum absolute atomic E-state index is 0.0142. The maximum Gasteiger partial charge on any atom is 0.312 e. The van der Waals surface area contributed by atoms with E-state index in [0.29, 0.717) is 6.42 Å². The Bertz CT molecular complexity index is 1200. The van der Waals surface area contributed by atoms with Crippen LogP contribution in [0.25, 0.3) is 0 Å². The molecule has 0 bridgehead atoms. The molecule has 1 aliphatic heterocycles. The molecule has 0 aromatic carbocycles. The summed E-state index contributed by atoms with van der Waals surface area (Å²) >= 11 is 6.72. The number of carbonyl (C=O) groups excluding carboxylic acids is 5. The van der Waals surface area contributed by atoms with Crippen molar-refractivity contribution in [1.29, 1.82) is 0 Å². The highest BCUT2D eigenvalue weighted by Gasteiger charge is 2.73. The van der Waals surface area contributed by atoms with Crippen molar-refractivity contribution in [3.63, 3.8) is 0 Å². The van der Waals surface area contributed by atoms with Crippen molar-refractivity contribution in [1.82, 2.24) is 0 Å². The van der Waals surface area contributed by atoms with Crippen molar-refractivity contribution in [3.8, 4) is 0 Å². The number of hydrogen-bond donors (Lipinski definition) is 2. The third kappa shape index (κ3) is 6.19. The molecule has 43 heavy (non-hydrogen) atoms. The van der Waals surface area contributed by atoms with Crippen LogP contribution in [0, 0.1) is 17.3 Å². The molecule has 2 N–H and O–H groups in total. The van der Waals surface area contributed by atoms with Crippen LogP contribution in [0.3, 0.4) is 0 Å². The fraction of sp³-hybridized carbons (Fsp3) is 0.700. The summed E-state index contributed by atoms with van der Waals surface area (Å²) in [6, 6.07) is 0. The van der Waals surface area contributed by atoms with E-state index in [0.717, 1.165) is 20.8 Å². The maximum atomic E-state index is 13.0. The highest BCUT2D eigenvalue weighted by atomic mass is 35.5. The smallest absolute Gasteiger partial charge is 0.312 e. The van der Waals surface area contributed by atoms with Gasteiger partial charge in [0.2, 0.25) is 0 Å². The van der Waals surface area contributed by atoms with Crippen molar-refractivity contribution in [2.45, 2.75) is 115 Å². The summed E-state index contributed by atoms with van der Waals surface area (Å²) in [5.74, 6) is -6.81. The molecule has 240 valence electrons. The van der Waals surface area contributed by atoms with Crippen LogP contribution in [0.5, 0.6) is 0 Å². The van der Waals surface area contributed by atoms with Crippen molar-refractivity contribution >= 4 is 41.4 Å². The standard InChI is InChI=1S/C30H41ClO12/c1-9-10-22(35)42-21-13-20(40-17(5)33)28(7)19(39-16(4)32)12-11-14(2)23(31)25-30(38,15(3)27(36)43-25)26(41-18(6)34)24(28)29(21,8)37/h11-12,15,19-21,23-26,37-38H,2,9-10,13H2,1,3-8H3/b12-11-/t15-,19+,20-,21+,23-,24+,25-,26+,28-,29+,30-/m0/s1. The lowest BCUT2D eigenvalue weighted by molar-refractivity contribution is -0.288. The van der Waals surface area contributed by atoms with E-state index in [4.69, 9.17) is 35.3 Å². The summed E-state index contributed by atoms with van der Waals surface area (Å²) in [6.45, 7) is 13.3. The normalized spacial score (nSPS) is 41.5. The van der Waals surface area contributed by atoms with Gasteiger partial charge in [-0.05, 0) is 31.9 Å². The average Bonchev–Trinajstić information content (AvgIpc) is 3.11. The van der Waals surface area contributed by atoms with E-state index in [-0.39, 0.29) is 18.4 Å². The molecule has 11 atom stereocenters. The third-order valence-corrected chi connectivity index (χ3v) is 9.43. The maximum absolute atomic E-state index is 13.0. The SMILES string of the molecule is C=C1/C=C\[C@@H](OC(C)=O)[C@@]2(C)[C@@H](OC(C)=O)C[C@@H](OC(=O)CCC)[C@@](C)(O)[C@@H]2[C@@H](OC(C)=O)[C@]2(O)[C@@H](C)C(=O)O[C@H]2[C@H]1Cl. The average molecular weight is 629 g/mol. The van der Waals surface area contributed by atoms with Crippen LogP contribution in [-0.4, -0.2) is 87.2 Å². The predicted molar refractivity (Wildman–Crippen MR) is 150 cm³/mol. The van der Waals surface area contributed by atoms with Crippen LogP contribution >= 0.6 is 11.6 Å². The third-order valence-electron chi connectivity index (χ3n) is 8.92. The number of halogens is 1. The molecule has 0 unspecified atom stereocenters. The molecule has 0 aromatic heterocycles. The van der Waals surface area contributed by atoms with Gasteiger partial charge in [0.25, 0.3) is 0 Å². The van der Waals surface area contributed by atoms with Crippen LogP contribution < -0.4 is 0 Å². The molecule has 13 heteroatoms. The van der Waals surface area contributed by atoms with E-state index < -0.39 is 94.2 Å². The van der Waals surface area contributed by atoms with E-state index >= 15 is 0 Å². The Hall–Kier alpha value is -2.96. The number of rotatable bonds is 6. The zero-order chi connectivity index (χ0) is 32.7. The van der Waals surface area contributed by atoms with Crippen LogP contribution in [-0.2, 0) is 47.7 Å². The zero-order valence-electron chi connectivity index (χ0n) is 25.5. The van der Waals surface area contributed by atoms with Crippen LogP contribution in [0.15, 0.2) is 24.3 Å². The van der Waals surface area contributed by atoms with Crippen molar-refractivity contribution in [2.75, 3.05) is 0 Å². The fourth-order valence-corrected chi connectivity index (χ4v) is 7.12. The lowest BCUT2D eigenvalue weighted by Gasteiger charge is -2.60. The first-order valence-corrected chi connectivity index (χ1v) is 14.6. The number of hydrogen-bond acceptors (Lipinski definition) is 12. The van der Waals surface area contributed by atoms with Gasteiger partial charge in [0, 0.05) is 39.5 Å². The molecule has 3 rings (SSSR count). The predicted octanol–water partition coefficient (Wildman–Crippen LogP) is 2.30. The number of alkyl halides is 1. The quantitative estimate of drug-likeness (QED) is 0.250. The largest absolute Gasteiger partial charge is 0.462 e. The van der Waals surface area contributed by atoms with E-state index in [2.05, 4.69) is 6.58 Å². The van der Waals surface area contributed by atoms with Gasteiger partial charge in [-0.2, -0.15) is 0 Å². The van der Waals surface area contributed by atoms with Crippen molar-refractivity contribution in [2.24, 2.45) is 17.3 Å². The lowest BCUT2D eigenvalue weighted by Crippen LogP contribution is -2.74. The molecule has 0 radical (unpaired) electrons. The molecule has 2 fully saturated rings. The molecule has 3 aliphatic rings. The lowest BCUT2D eigenvalue weighted by atomic mass is 9.51. The minimum atomic E-state index is -2.41. The second kappa shape index (κ2) is 12.6. The molecule has 1 saturated heterocycles. The number of allylic oxidation sites excluding steroid dienone is 1. The number of ether oxygens (including phenoxy) is 5. The number of carbonyl (C=O) groups is 5. The topological polar surface area (TPSA) is 172 Å². The first-order chi connectivity index (χ1) is 19.8. The van der Waals surface area contributed by atoms with Gasteiger partial charge >= 0.3 is 29.8 Å². The molecule has 1 saturated carbocycles. The zero-order valence-corrected chi connectivity index (χ0v) is 26.2. The molecular formula is C30H41ClO12. The molecular weight excluding hydrogens is 588 g/mol. The van der Waals surface area contributed by atoms with Crippen LogP contribution in [0.4, 0.5) is 0 Å². The Morgan fingerprint density at radius 3 is 2.14 bits per heavy atom. The molecule has 0 amide bonds. The summed E-state index contributed by atoms with van der Waals surface area (Å²) in [5.41, 5.74) is -6.11. The second-order valence-electron chi connectivity index (χ2n) is 12.0. The van der Waals surface area contributed by atoms with Gasteiger partial charge in [-0.15, -0.1) is 11.6 Å². The van der Waals surface area contributed by atoms with E-state index in [1.54, 1.807) is 6.92 Å². The Morgan fingerprint density at radius 1 is 1.02 bits per heavy atom. The van der Waals surface area contributed by atoms with E-state index in [1.807, 2.05) is 0 Å². The van der Waals surface area contributed by atoms with Gasteiger partial charge in [0.15, 0.2) is 11.7 Å². The van der Waals surface area contributed by atoms with Gasteiger partial charge < -0.3 is 33.9 Å². The molecule has 0 aromatic rings. The molecule has 0 spiro atoms. The van der Waals surface area contributed by atoms with Gasteiger partial charge in [0.05, 0.1) is 16.7 Å². The number of fused-ring (bicyclic) bond motifs is 2. The summed E-state index contributed by atoms with van der Waals surface area (Å²) in [4.78, 5) is 63.4. The Labute approximate surface area is 255 Å². The highest BCUT2D eigenvalue weighted by molar-refractivity contribution is 6.23. The van der Waals surface area contributed by atoms with Crippen LogP contribution in [0.1, 0.15) is 67.7 Å². The molecule has 1 heterocycles. The summed E-state index contributed by atoms with van der Waals surface area (Å²) in [6.07, 6.45) is -4.23. The number of esters is 5. The Kier molecular flexibility index (Phi) is 10.1. The van der Waals surface area contributed by atoms with Gasteiger partial charge in [0.1, 0.15) is 30.0 Å². The van der Waals surface area contributed by atoms with Crippen molar-refractivity contribution < 1.29 is 57.9 Å². The van der Waals surface area contributed by atoms with Gasteiger partial charge in [-0.1, -0.05) is 26.5 Å². The first-order valence-electron chi connectivity index (χ1n) is 14.2. The first kappa shape index (κ1) is 34.5. The fourth-order valence-electron chi connectivity index (χ4n) is 6.79. The van der Waals surface area contributed by atoms with Crippen molar-refractivity contribution in [3.05, 3.63) is 24.3 Å². The molecule has 12 nitrogen and oxygen atoms in total. The van der Waals surface area contributed by atoms with Gasteiger partial charge in [-0.3, -0.25) is 24.0 Å². The summed E-state index contributed by atoms with van der Waals surface area (Å²) in [7, 11) is 0. The summed E-state index contributed by atoms with van der Waals surface area (Å²) in [5, 5.41) is 23.7. The highest BCUT2D eigenvalue weighted by Crippen LogP contribution is 2.58. The van der Waals surface area contributed by atoms with E-state index in [9.17, 15) is 34.2 Å². The molecule has 2 aliphatic carbocycles. The number of aliphatic hydroxyl groups is 2. The second-order valence-corrected chi connectivity index (χ2v) is 12.5. The van der Waals surface area contributed by atoms with E-state index in [1.165, 1.54) is 32.9 Å². The van der Waals surface area contributed by atoms with Crippen LogP contribution in [0.2, 0.25) is 0 Å². The monoisotopic (exact) mass is 628 g/mol. The summed E-state index contributed by atoms with van der Waals surface area (Å²) < 4.78 is 28.6. The Balaban J connectivity index is 2.47.